The van der Waals surface area contributed by atoms with Crippen molar-refractivity contribution in [3.63, 3.8) is 0 Å². The fourth-order valence-electron chi connectivity index (χ4n) is 3.24. The fraction of sp³-hybridized carbons (Fsp3) is 0.938. The van der Waals surface area contributed by atoms with E-state index in [1.165, 1.54) is 38.5 Å². The van der Waals surface area contributed by atoms with E-state index in [1.54, 1.807) is 0 Å². The first-order chi connectivity index (χ1) is 9.09. The highest BCUT2D eigenvalue weighted by Crippen LogP contribution is 2.28. The molecule has 0 saturated heterocycles. The maximum Gasteiger partial charge on any atom is 0.227 e. The van der Waals surface area contributed by atoms with Crippen molar-refractivity contribution >= 4 is 5.91 Å². The summed E-state index contributed by atoms with van der Waals surface area (Å²) in [5.41, 5.74) is 5.49. The van der Waals surface area contributed by atoms with Crippen molar-refractivity contribution in [1.29, 1.82) is 0 Å². The van der Waals surface area contributed by atoms with E-state index in [1.807, 2.05) is 0 Å². The van der Waals surface area contributed by atoms with Gasteiger partial charge in [-0.15, -0.1) is 0 Å². The van der Waals surface area contributed by atoms with Crippen molar-refractivity contribution in [1.82, 2.24) is 5.32 Å². The van der Waals surface area contributed by atoms with E-state index in [9.17, 15) is 4.79 Å². The molecule has 1 atom stereocenters. The molecule has 1 rings (SSSR count). The average molecular weight is 268 g/mol. The van der Waals surface area contributed by atoms with Crippen LogP contribution in [0.25, 0.3) is 0 Å². The first-order valence-corrected chi connectivity index (χ1v) is 8.10. The molecule has 1 amide bonds. The summed E-state index contributed by atoms with van der Waals surface area (Å²) in [5.74, 6) is 0.812. The molecule has 3 heteroatoms. The van der Waals surface area contributed by atoms with E-state index >= 15 is 0 Å². The Balaban J connectivity index is 2.58. The topological polar surface area (TPSA) is 55.1 Å². The summed E-state index contributed by atoms with van der Waals surface area (Å²) in [6, 6.07) is 0.287. The highest BCUT2D eigenvalue weighted by atomic mass is 16.2. The monoisotopic (exact) mass is 268 g/mol. The van der Waals surface area contributed by atoms with Gasteiger partial charge in [-0.05, 0) is 38.5 Å². The Morgan fingerprint density at radius 2 is 1.74 bits per heavy atom. The van der Waals surface area contributed by atoms with E-state index in [2.05, 4.69) is 26.1 Å². The number of nitrogens with two attached hydrogens (primary N) is 1. The smallest absolute Gasteiger partial charge is 0.227 e. The van der Waals surface area contributed by atoms with Crippen LogP contribution in [-0.4, -0.2) is 18.5 Å². The quantitative estimate of drug-likeness (QED) is 0.727. The van der Waals surface area contributed by atoms with Crippen LogP contribution in [0.4, 0.5) is 0 Å². The minimum absolute atomic E-state index is 0.164. The SMILES string of the molecule is CCC(CC)(CN)C(=O)N[C@H](C)C1CCCCCC1. The molecule has 112 valence electrons. The van der Waals surface area contributed by atoms with Crippen LogP contribution < -0.4 is 11.1 Å². The predicted molar refractivity (Wildman–Crippen MR) is 80.9 cm³/mol. The standard InChI is InChI=1S/C16H32N2O/c1-4-16(5-2,12-17)15(19)18-13(3)14-10-8-6-7-9-11-14/h13-14H,4-12,17H2,1-3H3,(H,18,19)/t13-/m1/s1. The van der Waals surface area contributed by atoms with Crippen molar-refractivity contribution < 1.29 is 4.79 Å². The van der Waals surface area contributed by atoms with Crippen LogP contribution in [0.3, 0.4) is 0 Å². The molecule has 3 nitrogen and oxygen atoms in total. The Labute approximate surface area is 118 Å². The summed E-state index contributed by atoms with van der Waals surface area (Å²) in [7, 11) is 0. The third kappa shape index (κ3) is 4.20. The number of carbonyl (C=O) groups excluding carboxylic acids is 1. The van der Waals surface area contributed by atoms with Crippen LogP contribution in [0, 0.1) is 11.3 Å². The second-order valence-corrected chi connectivity index (χ2v) is 6.21. The lowest BCUT2D eigenvalue weighted by Crippen LogP contribution is -2.49. The van der Waals surface area contributed by atoms with E-state index in [4.69, 9.17) is 5.73 Å². The molecule has 1 aliphatic carbocycles. The molecule has 0 aliphatic heterocycles. The van der Waals surface area contributed by atoms with E-state index in [-0.39, 0.29) is 17.4 Å². The summed E-state index contributed by atoms with van der Waals surface area (Å²) >= 11 is 0. The molecular formula is C16H32N2O. The van der Waals surface area contributed by atoms with Gasteiger partial charge in [-0.2, -0.15) is 0 Å². The van der Waals surface area contributed by atoms with Crippen molar-refractivity contribution in [2.45, 2.75) is 78.2 Å². The molecule has 1 saturated carbocycles. The molecule has 1 fully saturated rings. The molecule has 0 aromatic rings. The third-order valence-electron chi connectivity index (χ3n) is 5.19. The molecule has 0 spiro atoms. The van der Waals surface area contributed by atoms with Crippen molar-refractivity contribution in [2.24, 2.45) is 17.1 Å². The molecule has 0 heterocycles. The zero-order valence-corrected chi connectivity index (χ0v) is 13.0. The molecule has 0 unspecified atom stereocenters. The Hall–Kier alpha value is -0.570. The molecule has 0 radical (unpaired) electrons. The molecule has 19 heavy (non-hydrogen) atoms. The summed E-state index contributed by atoms with van der Waals surface area (Å²) in [6.07, 6.45) is 9.50. The van der Waals surface area contributed by atoms with Gasteiger partial charge in [-0.3, -0.25) is 4.79 Å². The number of carbonyl (C=O) groups is 1. The number of amides is 1. The predicted octanol–water partition coefficient (Wildman–Crippen LogP) is 3.23. The molecule has 3 N–H and O–H groups in total. The van der Waals surface area contributed by atoms with Crippen LogP contribution in [0.1, 0.15) is 72.1 Å². The second kappa shape index (κ2) is 7.88. The van der Waals surface area contributed by atoms with Crippen molar-refractivity contribution in [3.8, 4) is 0 Å². The lowest BCUT2D eigenvalue weighted by Gasteiger charge is -2.32. The molecule has 0 aromatic carbocycles. The number of hydrogen-bond acceptors (Lipinski definition) is 2. The zero-order chi connectivity index (χ0) is 14.3. The van der Waals surface area contributed by atoms with Gasteiger partial charge in [-0.1, -0.05) is 39.5 Å². The van der Waals surface area contributed by atoms with Gasteiger partial charge in [0.25, 0.3) is 0 Å². The third-order valence-corrected chi connectivity index (χ3v) is 5.19. The van der Waals surface area contributed by atoms with Crippen molar-refractivity contribution in [3.05, 3.63) is 0 Å². The Morgan fingerprint density at radius 1 is 1.21 bits per heavy atom. The van der Waals surface area contributed by atoms with E-state index < -0.39 is 0 Å². The average Bonchev–Trinajstić information content (AvgIpc) is 2.70. The van der Waals surface area contributed by atoms with Gasteiger partial charge in [0.1, 0.15) is 0 Å². The molecule has 0 bridgehead atoms. The Kier molecular flexibility index (Phi) is 6.84. The lowest BCUT2D eigenvalue weighted by molar-refractivity contribution is -0.132. The normalized spacial score (nSPS) is 19.8. The second-order valence-electron chi connectivity index (χ2n) is 6.21. The summed E-state index contributed by atoms with van der Waals surface area (Å²) in [4.78, 5) is 12.5. The van der Waals surface area contributed by atoms with Gasteiger partial charge >= 0.3 is 0 Å². The van der Waals surface area contributed by atoms with Crippen LogP contribution >= 0.6 is 0 Å². The number of nitrogens with one attached hydrogen (secondary N) is 1. The van der Waals surface area contributed by atoms with Gasteiger partial charge in [0.15, 0.2) is 0 Å². The molecule has 0 aromatic heterocycles. The van der Waals surface area contributed by atoms with Gasteiger partial charge in [0.05, 0.1) is 5.41 Å². The van der Waals surface area contributed by atoms with Gasteiger partial charge in [0.2, 0.25) is 5.91 Å². The lowest BCUT2D eigenvalue weighted by atomic mass is 9.80. The zero-order valence-electron chi connectivity index (χ0n) is 13.0. The number of hydrogen-bond donors (Lipinski definition) is 2. The van der Waals surface area contributed by atoms with Gasteiger partial charge < -0.3 is 11.1 Å². The molecule has 1 aliphatic rings. The number of rotatable bonds is 6. The summed E-state index contributed by atoms with van der Waals surface area (Å²) < 4.78 is 0. The minimum atomic E-state index is -0.362. The Bertz CT molecular complexity index is 258. The van der Waals surface area contributed by atoms with Gasteiger partial charge in [-0.25, -0.2) is 0 Å². The Morgan fingerprint density at radius 3 is 2.16 bits per heavy atom. The fourth-order valence-corrected chi connectivity index (χ4v) is 3.24. The minimum Gasteiger partial charge on any atom is -0.353 e. The molecular weight excluding hydrogens is 236 g/mol. The van der Waals surface area contributed by atoms with Crippen LogP contribution in [0.15, 0.2) is 0 Å². The van der Waals surface area contributed by atoms with Crippen LogP contribution in [0.2, 0.25) is 0 Å². The maximum absolute atomic E-state index is 12.5. The highest BCUT2D eigenvalue weighted by molar-refractivity contribution is 5.83. The van der Waals surface area contributed by atoms with Gasteiger partial charge in [0, 0.05) is 12.6 Å². The van der Waals surface area contributed by atoms with Crippen molar-refractivity contribution in [2.75, 3.05) is 6.54 Å². The first kappa shape index (κ1) is 16.5. The largest absolute Gasteiger partial charge is 0.353 e. The summed E-state index contributed by atoms with van der Waals surface area (Å²) in [6.45, 7) is 6.74. The van der Waals surface area contributed by atoms with Crippen LogP contribution in [-0.2, 0) is 4.79 Å². The maximum atomic E-state index is 12.5. The van der Waals surface area contributed by atoms with Crippen LogP contribution in [0.5, 0.6) is 0 Å². The van der Waals surface area contributed by atoms with E-state index in [0.717, 1.165) is 12.8 Å². The summed E-state index contributed by atoms with van der Waals surface area (Å²) in [5, 5.41) is 3.25. The first-order valence-electron chi connectivity index (χ1n) is 8.10. The highest BCUT2D eigenvalue weighted by Gasteiger charge is 2.34. The van der Waals surface area contributed by atoms with E-state index in [0.29, 0.717) is 12.5 Å².